The van der Waals surface area contributed by atoms with E-state index in [0.717, 1.165) is 29.4 Å². The first-order chi connectivity index (χ1) is 9.84. The highest BCUT2D eigenvalue weighted by atomic mass is 16.1. The number of hydrogen-bond acceptors (Lipinski definition) is 3. The van der Waals surface area contributed by atoms with Crippen molar-refractivity contribution in [1.82, 2.24) is 14.5 Å². The molecule has 0 aliphatic heterocycles. The van der Waals surface area contributed by atoms with Crippen LogP contribution in [0.3, 0.4) is 0 Å². The lowest BCUT2D eigenvalue weighted by Gasteiger charge is -2.11. The molecule has 20 heavy (non-hydrogen) atoms. The summed E-state index contributed by atoms with van der Waals surface area (Å²) in [6.07, 6.45) is 5.57. The van der Waals surface area contributed by atoms with Gasteiger partial charge in [-0.25, -0.2) is 4.98 Å². The average Bonchev–Trinajstić information content (AvgIpc) is 3.32. The van der Waals surface area contributed by atoms with Gasteiger partial charge in [0.1, 0.15) is 11.2 Å². The summed E-state index contributed by atoms with van der Waals surface area (Å²) >= 11 is 0. The third kappa shape index (κ3) is 1.72. The molecule has 3 aromatic rings. The zero-order valence-corrected chi connectivity index (χ0v) is 10.9. The van der Waals surface area contributed by atoms with E-state index in [1.807, 2.05) is 41.0 Å². The maximum atomic E-state index is 12.7. The van der Waals surface area contributed by atoms with Crippen LogP contribution < -0.4 is 5.56 Å². The fraction of sp³-hybridized carbons (Fsp3) is 0.188. The number of fused-ring (bicyclic) bond motifs is 1. The smallest absolute Gasteiger partial charge is 0.277 e. The molecule has 0 unspecified atom stereocenters. The first-order valence-corrected chi connectivity index (χ1v) is 6.76. The summed E-state index contributed by atoms with van der Waals surface area (Å²) in [4.78, 5) is 21.4. The van der Waals surface area contributed by atoms with E-state index in [0.29, 0.717) is 11.7 Å². The van der Waals surface area contributed by atoms with Gasteiger partial charge in [0.15, 0.2) is 0 Å². The molecule has 0 atom stereocenters. The monoisotopic (exact) mass is 263 g/mol. The van der Waals surface area contributed by atoms with Crippen LogP contribution in [0.2, 0.25) is 0 Å². The van der Waals surface area contributed by atoms with Crippen molar-refractivity contribution >= 4 is 11.0 Å². The Bertz CT molecular complexity index is 835. The molecule has 0 amide bonds. The Morgan fingerprint density at radius 1 is 1.10 bits per heavy atom. The number of rotatable bonds is 2. The van der Waals surface area contributed by atoms with E-state index in [4.69, 9.17) is 0 Å². The quantitative estimate of drug-likeness (QED) is 0.714. The molecule has 0 radical (unpaired) electrons. The van der Waals surface area contributed by atoms with Crippen molar-refractivity contribution in [3.8, 4) is 11.3 Å². The number of benzene rings is 1. The highest BCUT2D eigenvalue weighted by molar-refractivity contribution is 5.77. The number of nitrogens with zero attached hydrogens (tertiary/aromatic N) is 3. The lowest BCUT2D eigenvalue weighted by atomic mass is 10.1. The summed E-state index contributed by atoms with van der Waals surface area (Å²) in [7, 11) is 0. The Kier molecular flexibility index (Phi) is 2.42. The lowest BCUT2D eigenvalue weighted by molar-refractivity contribution is 0.735. The minimum atomic E-state index is -0.00241. The highest BCUT2D eigenvalue weighted by Crippen LogP contribution is 2.35. The maximum absolute atomic E-state index is 12.7. The number of pyridine rings is 1. The topological polar surface area (TPSA) is 47.8 Å². The second-order valence-corrected chi connectivity index (χ2v) is 5.10. The summed E-state index contributed by atoms with van der Waals surface area (Å²) in [5.74, 6) is 0. The molecule has 1 aromatic carbocycles. The summed E-state index contributed by atoms with van der Waals surface area (Å²) in [5.41, 5.74) is 3.03. The Morgan fingerprint density at radius 3 is 2.65 bits per heavy atom. The van der Waals surface area contributed by atoms with Gasteiger partial charge in [-0.2, -0.15) is 0 Å². The fourth-order valence-corrected chi connectivity index (χ4v) is 2.54. The normalized spacial score (nSPS) is 14.6. The summed E-state index contributed by atoms with van der Waals surface area (Å²) < 4.78 is 1.88. The van der Waals surface area contributed by atoms with Crippen LogP contribution in [0.15, 0.2) is 53.6 Å². The van der Waals surface area contributed by atoms with Gasteiger partial charge < -0.3 is 4.57 Å². The molecule has 1 aliphatic rings. The van der Waals surface area contributed by atoms with E-state index in [2.05, 4.69) is 9.97 Å². The number of hydrogen-bond donors (Lipinski definition) is 0. The Morgan fingerprint density at radius 2 is 1.90 bits per heavy atom. The largest absolute Gasteiger partial charge is 0.302 e. The molecule has 1 fully saturated rings. The third-order valence-corrected chi connectivity index (χ3v) is 3.65. The molecule has 1 aliphatic carbocycles. The Hall–Kier alpha value is -2.49. The Balaban J connectivity index is 2.08. The Labute approximate surface area is 115 Å². The van der Waals surface area contributed by atoms with Crippen molar-refractivity contribution < 1.29 is 0 Å². The molecule has 2 aromatic heterocycles. The van der Waals surface area contributed by atoms with Gasteiger partial charge in [-0.3, -0.25) is 9.78 Å². The van der Waals surface area contributed by atoms with Gasteiger partial charge in [0, 0.05) is 17.8 Å². The van der Waals surface area contributed by atoms with Crippen LogP contribution >= 0.6 is 0 Å². The van der Waals surface area contributed by atoms with Crippen LogP contribution in [0.25, 0.3) is 22.3 Å². The molecule has 1 saturated carbocycles. The lowest BCUT2D eigenvalue weighted by Crippen LogP contribution is -2.23. The van der Waals surface area contributed by atoms with Crippen LogP contribution in [0.4, 0.5) is 0 Å². The summed E-state index contributed by atoms with van der Waals surface area (Å²) in [6, 6.07) is 11.8. The zero-order chi connectivity index (χ0) is 13.5. The van der Waals surface area contributed by atoms with Gasteiger partial charge in [0.25, 0.3) is 5.56 Å². The standard InChI is InChI=1S/C16H13N3O/c20-16-15(11-4-2-1-3-5-11)18-13-10-17-9-8-14(13)19(16)12-6-7-12/h1-5,8-10,12H,6-7H2. The molecule has 0 N–H and O–H groups in total. The molecular weight excluding hydrogens is 250 g/mol. The zero-order valence-electron chi connectivity index (χ0n) is 10.9. The van der Waals surface area contributed by atoms with E-state index in [9.17, 15) is 4.79 Å². The molecule has 0 bridgehead atoms. The van der Waals surface area contributed by atoms with E-state index < -0.39 is 0 Å². The van der Waals surface area contributed by atoms with Crippen molar-refractivity contribution in [3.63, 3.8) is 0 Å². The van der Waals surface area contributed by atoms with Crippen molar-refractivity contribution in [2.24, 2.45) is 0 Å². The minimum Gasteiger partial charge on any atom is -0.302 e. The first kappa shape index (κ1) is 11.3. The third-order valence-electron chi connectivity index (χ3n) is 3.65. The SMILES string of the molecule is O=c1c(-c2ccccc2)nc2cnccc2n1C1CC1. The van der Waals surface area contributed by atoms with Crippen molar-refractivity contribution in [2.75, 3.05) is 0 Å². The number of aromatic nitrogens is 3. The van der Waals surface area contributed by atoms with Gasteiger partial charge in [-0.1, -0.05) is 30.3 Å². The van der Waals surface area contributed by atoms with Gasteiger partial charge >= 0.3 is 0 Å². The van der Waals surface area contributed by atoms with Crippen molar-refractivity contribution in [2.45, 2.75) is 18.9 Å². The van der Waals surface area contributed by atoms with Crippen molar-refractivity contribution in [1.29, 1.82) is 0 Å². The van der Waals surface area contributed by atoms with Crippen LogP contribution in [-0.4, -0.2) is 14.5 Å². The van der Waals surface area contributed by atoms with E-state index >= 15 is 0 Å². The average molecular weight is 263 g/mol. The highest BCUT2D eigenvalue weighted by Gasteiger charge is 2.27. The minimum absolute atomic E-state index is 0.00241. The second kappa shape index (κ2) is 4.27. The van der Waals surface area contributed by atoms with Crippen LogP contribution in [0, 0.1) is 0 Å². The van der Waals surface area contributed by atoms with Gasteiger partial charge in [0.05, 0.1) is 11.7 Å². The molecule has 98 valence electrons. The van der Waals surface area contributed by atoms with Crippen LogP contribution in [-0.2, 0) is 0 Å². The first-order valence-electron chi connectivity index (χ1n) is 6.76. The van der Waals surface area contributed by atoms with E-state index in [1.54, 1.807) is 12.4 Å². The van der Waals surface area contributed by atoms with Gasteiger partial charge in [-0.05, 0) is 18.9 Å². The summed E-state index contributed by atoms with van der Waals surface area (Å²) in [6.45, 7) is 0. The predicted molar refractivity (Wildman–Crippen MR) is 77.5 cm³/mol. The van der Waals surface area contributed by atoms with E-state index in [1.165, 1.54) is 0 Å². The van der Waals surface area contributed by atoms with Crippen LogP contribution in [0.5, 0.6) is 0 Å². The molecule has 0 spiro atoms. The van der Waals surface area contributed by atoms with Gasteiger partial charge in [-0.15, -0.1) is 0 Å². The molecule has 0 saturated heterocycles. The van der Waals surface area contributed by atoms with Crippen LogP contribution in [0.1, 0.15) is 18.9 Å². The molecule has 4 heteroatoms. The molecule has 2 heterocycles. The molecule has 4 rings (SSSR count). The molecular formula is C16H13N3O. The van der Waals surface area contributed by atoms with E-state index in [-0.39, 0.29) is 5.56 Å². The fourth-order valence-electron chi connectivity index (χ4n) is 2.54. The second-order valence-electron chi connectivity index (χ2n) is 5.10. The van der Waals surface area contributed by atoms with Crippen molar-refractivity contribution in [3.05, 3.63) is 59.1 Å². The molecule has 4 nitrogen and oxygen atoms in total. The summed E-state index contributed by atoms with van der Waals surface area (Å²) in [5, 5.41) is 0. The predicted octanol–water partition coefficient (Wildman–Crippen LogP) is 2.79. The van der Waals surface area contributed by atoms with Gasteiger partial charge in [0.2, 0.25) is 0 Å². The maximum Gasteiger partial charge on any atom is 0.277 e.